The zero-order valence-corrected chi connectivity index (χ0v) is 16.1. The molecule has 0 aromatic carbocycles. The van der Waals surface area contributed by atoms with E-state index in [1.807, 2.05) is 50.5 Å². The lowest BCUT2D eigenvalue weighted by atomic mass is 10.0. The predicted octanol–water partition coefficient (Wildman–Crippen LogP) is 2.00. The summed E-state index contributed by atoms with van der Waals surface area (Å²) in [5.41, 5.74) is 8.81. The summed E-state index contributed by atoms with van der Waals surface area (Å²) in [4.78, 5) is 6.17. The number of aliphatic imine (C=N–C) groups is 1. The SMILES string of the molecule is CCC(/C=C(\C=N/CC(C)F)CN/C=C1\C(N)C=CN(C)C1NC)=C\O. The minimum absolute atomic E-state index is 0.0134. The number of hydrogen-bond donors (Lipinski definition) is 4. The number of nitrogens with one attached hydrogen (secondary N) is 2. The first-order chi connectivity index (χ1) is 12.4. The van der Waals surface area contributed by atoms with Crippen molar-refractivity contribution in [3.8, 4) is 0 Å². The van der Waals surface area contributed by atoms with Crippen molar-refractivity contribution in [1.29, 1.82) is 0 Å². The number of halogens is 1. The van der Waals surface area contributed by atoms with Crippen molar-refractivity contribution in [1.82, 2.24) is 15.5 Å². The fourth-order valence-electron chi connectivity index (χ4n) is 2.59. The Morgan fingerprint density at radius 2 is 2.23 bits per heavy atom. The summed E-state index contributed by atoms with van der Waals surface area (Å²) in [7, 11) is 3.86. The first kappa shape index (κ1) is 21.9. The maximum atomic E-state index is 13.0. The molecular weight excluding hydrogens is 333 g/mol. The minimum Gasteiger partial charge on any atom is -0.515 e. The van der Waals surface area contributed by atoms with E-state index in [1.54, 1.807) is 6.21 Å². The maximum Gasteiger partial charge on any atom is 0.117 e. The second kappa shape index (κ2) is 11.5. The van der Waals surface area contributed by atoms with Gasteiger partial charge >= 0.3 is 0 Å². The molecule has 0 aliphatic carbocycles. The van der Waals surface area contributed by atoms with Crippen LogP contribution in [0.5, 0.6) is 0 Å². The van der Waals surface area contributed by atoms with Crippen LogP contribution >= 0.6 is 0 Å². The second-order valence-electron chi connectivity index (χ2n) is 6.30. The zero-order chi connectivity index (χ0) is 19.5. The summed E-state index contributed by atoms with van der Waals surface area (Å²) in [5.74, 6) is 0. The Morgan fingerprint density at radius 1 is 1.50 bits per heavy atom. The van der Waals surface area contributed by atoms with E-state index in [0.29, 0.717) is 13.0 Å². The van der Waals surface area contributed by atoms with Crippen LogP contribution in [0.25, 0.3) is 0 Å². The van der Waals surface area contributed by atoms with Crippen LogP contribution in [0.3, 0.4) is 0 Å². The molecule has 26 heavy (non-hydrogen) atoms. The van der Waals surface area contributed by atoms with Gasteiger partial charge in [0, 0.05) is 31.6 Å². The van der Waals surface area contributed by atoms with E-state index >= 15 is 0 Å². The first-order valence-corrected chi connectivity index (χ1v) is 8.87. The highest BCUT2D eigenvalue weighted by atomic mass is 19.1. The van der Waals surface area contributed by atoms with Crippen molar-refractivity contribution in [2.24, 2.45) is 10.7 Å². The van der Waals surface area contributed by atoms with Crippen LogP contribution in [-0.2, 0) is 0 Å². The number of aliphatic hydroxyl groups is 1. The second-order valence-corrected chi connectivity index (χ2v) is 6.30. The van der Waals surface area contributed by atoms with Gasteiger partial charge in [0.15, 0.2) is 0 Å². The van der Waals surface area contributed by atoms with Crippen LogP contribution < -0.4 is 16.4 Å². The standard InChI is InChI=1S/C19H32FN5O/c1-5-15(13-26)8-16(10-23-9-14(2)20)11-24-12-17-18(21)6-7-25(4)19(17)22-3/h6-8,10,12-14,18-19,22,24,26H,5,9,11,21H2,1-4H3/b15-13+,16-8+,17-12+,23-10-. The van der Waals surface area contributed by atoms with Crippen molar-refractivity contribution >= 4 is 6.21 Å². The number of allylic oxidation sites excluding steroid dienone is 2. The number of nitrogens with zero attached hydrogens (tertiary/aromatic N) is 2. The molecular formula is C19H32FN5O. The minimum atomic E-state index is -0.986. The molecule has 6 nitrogen and oxygen atoms in total. The summed E-state index contributed by atoms with van der Waals surface area (Å²) < 4.78 is 13.0. The number of nitrogens with two attached hydrogens (primary N) is 1. The molecule has 0 amide bonds. The third kappa shape index (κ3) is 7.01. The normalized spacial score (nSPS) is 24.5. The topological polar surface area (TPSA) is 85.9 Å². The van der Waals surface area contributed by atoms with Crippen LogP contribution in [0.4, 0.5) is 4.39 Å². The van der Waals surface area contributed by atoms with E-state index in [-0.39, 0.29) is 18.8 Å². The van der Waals surface area contributed by atoms with Crippen LogP contribution in [0.1, 0.15) is 20.3 Å². The molecule has 0 bridgehead atoms. The third-order valence-electron chi connectivity index (χ3n) is 4.04. The van der Waals surface area contributed by atoms with Crippen molar-refractivity contribution in [3.05, 3.63) is 47.5 Å². The molecule has 7 heteroatoms. The fraction of sp³-hybridized carbons (Fsp3) is 0.526. The number of alkyl halides is 1. The lowest BCUT2D eigenvalue weighted by Gasteiger charge is -2.34. The van der Waals surface area contributed by atoms with E-state index in [4.69, 9.17) is 5.73 Å². The van der Waals surface area contributed by atoms with Gasteiger partial charge in [-0.25, -0.2) is 4.39 Å². The quantitative estimate of drug-likeness (QED) is 0.285. The number of aliphatic hydroxyl groups excluding tert-OH is 1. The molecule has 3 unspecified atom stereocenters. The van der Waals surface area contributed by atoms with E-state index < -0.39 is 6.17 Å². The summed E-state index contributed by atoms with van der Waals surface area (Å²) in [6, 6.07) is -0.173. The van der Waals surface area contributed by atoms with Gasteiger partial charge in [-0.1, -0.05) is 6.92 Å². The molecule has 1 heterocycles. The van der Waals surface area contributed by atoms with Gasteiger partial charge in [-0.15, -0.1) is 0 Å². The Kier molecular flexibility index (Phi) is 9.69. The molecule has 3 atom stereocenters. The smallest absolute Gasteiger partial charge is 0.117 e. The van der Waals surface area contributed by atoms with Gasteiger partial charge in [0.25, 0.3) is 0 Å². The van der Waals surface area contributed by atoms with E-state index in [2.05, 4.69) is 15.6 Å². The molecule has 5 N–H and O–H groups in total. The summed E-state index contributed by atoms with van der Waals surface area (Å²) in [6.45, 7) is 4.03. The van der Waals surface area contributed by atoms with Crippen molar-refractivity contribution in [2.75, 3.05) is 27.2 Å². The molecule has 0 aromatic heterocycles. The molecule has 0 saturated heterocycles. The third-order valence-corrected chi connectivity index (χ3v) is 4.04. The average molecular weight is 365 g/mol. The monoisotopic (exact) mass is 365 g/mol. The van der Waals surface area contributed by atoms with Crippen LogP contribution in [0, 0.1) is 0 Å². The van der Waals surface area contributed by atoms with Gasteiger partial charge in [-0.05, 0) is 49.9 Å². The Hall–Kier alpha value is -2.12. The van der Waals surface area contributed by atoms with Gasteiger partial charge in [0.1, 0.15) is 12.3 Å². The highest BCUT2D eigenvalue weighted by molar-refractivity contribution is 5.80. The zero-order valence-electron chi connectivity index (χ0n) is 16.1. The van der Waals surface area contributed by atoms with Gasteiger partial charge in [-0.3, -0.25) is 10.3 Å². The molecule has 0 radical (unpaired) electrons. The molecule has 1 aliphatic rings. The molecule has 0 spiro atoms. The first-order valence-electron chi connectivity index (χ1n) is 8.87. The van der Waals surface area contributed by atoms with Gasteiger partial charge in [0.2, 0.25) is 0 Å². The molecule has 0 aromatic rings. The van der Waals surface area contributed by atoms with Crippen LogP contribution in [0.15, 0.2) is 52.5 Å². The number of likely N-dealkylation sites (N-methyl/N-ethyl adjacent to an activating group) is 2. The van der Waals surface area contributed by atoms with Gasteiger partial charge < -0.3 is 21.1 Å². The van der Waals surface area contributed by atoms with Crippen molar-refractivity contribution in [2.45, 2.75) is 38.6 Å². The Morgan fingerprint density at radius 3 is 2.81 bits per heavy atom. The Balaban J connectivity index is 2.88. The number of hydrogen-bond acceptors (Lipinski definition) is 6. The summed E-state index contributed by atoms with van der Waals surface area (Å²) >= 11 is 0. The molecule has 0 saturated carbocycles. The Bertz CT molecular complexity index is 580. The highest BCUT2D eigenvalue weighted by Gasteiger charge is 2.23. The Labute approximate surface area is 156 Å². The number of rotatable bonds is 9. The predicted molar refractivity (Wildman–Crippen MR) is 107 cm³/mol. The molecule has 146 valence electrons. The largest absolute Gasteiger partial charge is 0.515 e. The van der Waals surface area contributed by atoms with Crippen molar-refractivity contribution in [3.63, 3.8) is 0 Å². The highest BCUT2D eigenvalue weighted by Crippen LogP contribution is 2.16. The van der Waals surface area contributed by atoms with E-state index in [0.717, 1.165) is 23.0 Å². The summed E-state index contributed by atoms with van der Waals surface area (Å²) in [6.07, 6.45) is 10.1. The fourth-order valence-corrected chi connectivity index (χ4v) is 2.59. The van der Waals surface area contributed by atoms with Gasteiger partial charge in [-0.2, -0.15) is 0 Å². The lowest BCUT2D eigenvalue weighted by molar-refractivity contribution is 0.309. The summed E-state index contributed by atoms with van der Waals surface area (Å²) in [5, 5.41) is 15.8. The van der Waals surface area contributed by atoms with E-state index in [1.165, 1.54) is 6.92 Å². The molecule has 1 rings (SSSR count). The van der Waals surface area contributed by atoms with Gasteiger partial charge in [0.05, 0.1) is 18.8 Å². The molecule has 0 fully saturated rings. The van der Waals surface area contributed by atoms with Crippen LogP contribution in [0.2, 0.25) is 0 Å². The molecule has 1 aliphatic heterocycles. The lowest BCUT2D eigenvalue weighted by Crippen LogP contribution is -2.48. The maximum absolute atomic E-state index is 13.0. The average Bonchev–Trinajstić information content (AvgIpc) is 2.61. The van der Waals surface area contributed by atoms with E-state index in [9.17, 15) is 9.50 Å². The van der Waals surface area contributed by atoms with Crippen LogP contribution in [-0.4, -0.2) is 61.8 Å². The van der Waals surface area contributed by atoms with Crippen molar-refractivity contribution < 1.29 is 9.50 Å².